The van der Waals surface area contributed by atoms with Crippen LogP contribution in [-0.4, -0.2) is 56.0 Å². The average Bonchev–Trinajstić information content (AvgIpc) is 3.65. The van der Waals surface area contributed by atoms with Crippen molar-refractivity contribution in [2.45, 2.75) is 58.0 Å². The molecule has 3 aromatic rings. The van der Waals surface area contributed by atoms with Gasteiger partial charge in [0.2, 0.25) is 0 Å². The number of carbonyl (C=O) groups is 1. The molecule has 32 heavy (non-hydrogen) atoms. The smallest absolute Gasteiger partial charge is 0.145 e. The third-order valence-electron chi connectivity index (χ3n) is 6.57. The first-order valence-corrected chi connectivity index (χ1v) is 11.7. The summed E-state index contributed by atoms with van der Waals surface area (Å²) in [4.78, 5) is 23.9. The predicted molar refractivity (Wildman–Crippen MR) is 125 cm³/mol. The summed E-state index contributed by atoms with van der Waals surface area (Å²) < 4.78 is 0. The van der Waals surface area contributed by atoms with Crippen LogP contribution < -0.4 is 5.32 Å². The zero-order chi connectivity index (χ0) is 22.1. The number of hydrogen-bond acceptors (Lipinski definition) is 7. The summed E-state index contributed by atoms with van der Waals surface area (Å²) in [6, 6.07) is 9.01. The summed E-state index contributed by atoms with van der Waals surface area (Å²) in [5.74, 6) is 1.33. The highest BCUT2D eigenvalue weighted by Crippen LogP contribution is 2.31. The van der Waals surface area contributed by atoms with Gasteiger partial charge in [-0.1, -0.05) is 6.07 Å². The first-order chi connectivity index (χ1) is 15.5. The topological polar surface area (TPSA) is 83.9 Å². The molecule has 0 spiro atoms. The van der Waals surface area contributed by atoms with Crippen LogP contribution in [0.4, 0.5) is 5.82 Å². The van der Waals surface area contributed by atoms with Gasteiger partial charge in [-0.15, -0.1) is 0 Å². The molecule has 1 aliphatic carbocycles. The van der Waals surface area contributed by atoms with Gasteiger partial charge in [0.25, 0.3) is 0 Å². The first-order valence-electron chi connectivity index (χ1n) is 11.7. The van der Waals surface area contributed by atoms with E-state index >= 15 is 0 Å². The second kappa shape index (κ2) is 8.90. The maximum atomic E-state index is 12.2. The van der Waals surface area contributed by atoms with Gasteiger partial charge in [-0.05, 0) is 57.7 Å². The fourth-order valence-electron chi connectivity index (χ4n) is 4.41. The molecule has 0 radical (unpaired) electrons. The quantitative estimate of drug-likeness (QED) is 0.609. The van der Waals surface area contributed by atoms with Crippen LogP contribution in [0.5, 0.6) is 0 Å². The highest BCUT2D eigenvalue weighted by molar-refractivity contribution is 5.87. The Morgan fingerprint density at radius 2 is 1.91 bits per heavy atom. The number of hydrogen-bond donors (Lipinski definition) is 1. The molecule has 166 valence electrons. The molecule has 3 heterocycles. The highest BCUT2D eigenvalue weighted by Gasteiger charge is 2.29. The van der Waals surface area contributed by atoms with Gasteiger partial charge in [0, 0.05) is 42.0 Å². The number of nitrogens with one attached hydrogen (secondary N) is 1. The van der Waals surface area contributed by atoms with Gasteiger partial charge in [-0.3, -0.25) is 9.78 Å². The molecule has 7 nitrogen and oxygen atoms in total. The molecule has 1 N–H and O–H groups in total. The third-order valence-corrected chi connectivity index (χ3v) is 6.57. The summed E-state index contributed by atoms with van der Waals surface area (Å²) in [7, 11) is 0. The number of anilines is 1. The molecule has 0 unspecified atom stereocenters. The van der Waals surface area contributed by atoms with Gasteiger partial charge >= 0.3 is 0 Å². The largest absolute Gasteiger partial charge is 0.366 e. The number of likely N-dealkylation sites (tertiary alicyclic amines) is 1. The van der Waals surface area contributed by atoms with Crippen LogP contribution in [0.2, 0.25) is 0 Å². The standard InChI is InChI=1S/C25H30N6O/c1-16(2)31-9-7-20(8-10-31)27-25-15-26-14-23(28-25)18-5-6-22-19(11-18)12-21(29-30-22)13-24(32)17-3-4-17/h5-6,11-12,14-17,20H,3-4,7-10,13H2,1-2H3,(H,27,28). The van der Waals surface area contributed by atoms with E-state index in [2.05, 4.69) is 45.3 Å². The fraction of sp³-hybridized carbons (Fsp3) is 0.480. The van der Waals surface area contributed by atoms with Crippen LogP contribution in [0, 0.1) is 5.92 Å². The number of ketones is 1. The third kappa shape index (κ3) is 4.78. The summed E-state index contributed by atoms with van der Waals surface area (Å²) in [5, 5.41) is 13.1. The van der Waals surface area contributed by atoms with Gasteiger partial charge in [-0.2, -0.15) is 10.2 Å². The molecule has 2 fully saturated rings. The Balaban J connectivity index is 1.31. The summed E-state index contributed by atoms with van der Waals surface area (Å²) in [6.07, 6.45) is 8.22. The number of aromatic nitrogens is 4. The average molecular weight is 431 g/mol. The second-order valence-corrected chi connectivity index (χ2v) is 9.36. The lowest BCUT2D eigenvalue weighted by atomic mass is 10.0. The van der Waals surface area contributed by atoms with E-state index in [-0.39, 0.29) is 11.7 Å². The molecule has 5 rings (SSSR count). The van der Waals surface area contributed by atoms with E-state index in [4.69, 9.17) is 4.98 Å². The number of piperidine rings is 1. The van der Waals surface area contributed by atoms with Gasteiger partial charge in [0.1, 0.15) is 11.6 Å². The predicted octanol–water partition coefficient (Wildman–Crippen LogP) is 3.89. The molecular weight excluding hydrogens is 400 g/mol. The van der Waals surface area contributed by atoms with Crippen molar-refractivity contribution < 1.29 is 4.79 Å². The fourth-order valence-corrected chi connectivity index (χ4v) is 4.41. The Hall–Kier alpha value is -2.93. The molecule has 1 saturated carbocycles. The van der Waals surface area contributed by atoms with Crippen LogP contribution in [0.15, 0.2) is 36.7 Å². The Labute approximate surface area is 188 Å². The van der Waals surface area contributed by atoms with E-state index in [1.54, 1.807) is 12.4 Å². The minimum atomic E-state index is 0.238. The van der Waals surface area contributed by atoms with Crippen molar-refractivity contribution in [2.75, 3.05) is 18.4 Å². The lowest BCUT2D eigenvalue weighted by Gasteiger charge is -2.35. The molecule has 7 heteroatoms. The monoisotopic (exact) mass is 430 g/mol. The number of carbonyl (C=O) groups excluding carboxylic acids is 1. The van der Waals surface area contributed by atoms with Crippen LogP contribution in [-0.2, 0) is 11.2 Å². The molecular formula is C25H30N6O. The van der Waals surface area contributed by atoms with Crippen LogP contribution in [0.1, 0.15) is 45.2 Å². The summed E-state index contributed by atoms with van der Waals surface area (Å²) in [6.45, 7) is 6.73. The van der Waals surface area contributed by atoms with E-state index in [1.165, 1.54) is 0 Å². The van der Waals surface area contributed by atoms with Crippen molar-refractivity contribution in [2.24, 2.45) is 5.92 Å². The number of benzene rings is 1. The van der Waals surface area contributed by atoms with Crippen LogP contribution >= 0.6 is 0 Å². The molecule has 0 bridgehead atoms. The minimum Gasteiger partial charge on any atom is -0.366 e. The SMILES string of the molecule is CC(C)N1CCC(Nc2cncc(-c3ccc4nnc(CC(=O)C5CC5)cc4c3)n2)CC1. The molecule has 1 saturated heterocycles. The lowest BCUT2D eigenvalue weighted by molar-refractivity contribution is -0.119. The number of Topliss-reactive ketones (excluding diaryl/α,β-unsaturated/α-hetero) is 1. The zero-order valence-electron chi connectivity index (χ0n) is 18.8. The van der Waals surface area contributed by atoms with Crippen molar-refractivity contribution >= 4 is 22.5 Å². The van der Waals surface area contributed by atoms with E-state index in [0.29, 0.717) is 18.5 Å². The Morgan fingerprint density at radius 3 is 2.66 bits per heavy atom. The molecule has 2 aliphatic rings. The molecule has 0 amide bonds. The van der Waals surface area contributed by atoms with Gasteiger partial charge in [0.05, 0.1) is 35.7 Å². The van der Waals surface area contributed by atoms with Crippen molar-refractivity contribution in [3.63, 3.8) is 0 Å². The lowest BCUT2D eigenvalue weighted by Crippen LogP contribution is -2.42. The van der Waals surface area contributed by atoms with E-state index in [1.807, 2.05) is 18.2 Å². The molecule has 1 aromatic carbocycles. The van der Waals surface area contributed by atoms with Crippen LogP contribution in [0.25, 0.3) is 22.2 Å². The van der Waals surface area contributed by atoms with Gasteiger partial charge < -0.3 is 10.2 Å². The molecule has 2 aromatic heterocycles. The second-order valence-electron chi connectivity index (χ2n) is 9.36. The van der Waals surface area contributed by atoms with Gasteiger partial charge in [-0.25, -0.2) is 4.98 Å². The molecule has 0 atom stereocenters. The van der Waals surface area contributed by atoms with Crippen molar-refractivity contribution in [1.29, 1.82) is 0 Å². The molecule has 1 aliphatic heterocycles. The zero-order valence-corrected chi connectivity index (χ0v) is 18.8. The Bertz CT molecular complexity index is 1120. The summed E-state index contributed by atoms with van der Waals surface area (Å²) in [5.41, 5.74) is 3.36. The van der Waals surface area contributed by atoms with E-state index in [0.717, 1.165) is 72.4 Å². The van der Waals surface area contributed by atoms with Crippen molar-refractivity contribution in [3.8, 4) is 11.3 Å². The maximum Gasteiger partial charge on any atom is 0.145 e. The Morgan fingerprint density at radius 1 is 1.09 bits per heavy atom. The Kier molecular flexibility index (Phi) is 5.83. The number of fused-ring (bicyclic) bond motifs is 1. The van der Waals surface area contributed by atoms with Crippen molar-refractivity contribution in [1.82, 2.24) is 25.1 Å². The van der Waals surface area contributed by atoms with E-state index < -0.39 is 0 Å². The maximum absolute atomic E-state index is 12.2. The van der Waals surface area contributed by atoms with E-state index in [9.17, 15) is 4.79 Å². The highest BCUT2D eigenvalue weighted by atomic mass is 16.1. The van der Waals surface area contributed by atoms with Crippen molar-refractivity contribution in [3.05, 3.63) is 42.4 Å². The first kappa shape index (κ1) is 20.9. The van der Waals surface area contributed by atoms with Gasteiger partial charge in [0.15, 0.2) is 0 Å². The number of rotatable bonds is 7. The number of nitrogens with zero attached hydrogens (tertiary/aromatic N) is 5. The summed E-state index contributed by atoms with van der Waals surface area (Å²) >= 11 is 0. The normalized spacial score (nSPS) is 17.7. The van der Waals surface area contributed by atoms with Crippen LogP contribution in [0.3, 0.4) is 0 Å². The minimum absolute atomic E-state index is 0.238.